The average molecular weight is 196 g/mol. The maximum atomic E-state index is 11.7. The Morgan fingerprint density at radius 3 is 2.40 bits per heavy atom. The maximum absolute atomic E-state index is 11.7. The van der Waals surface area contributed by atoms with E-state index >= 15 is 0 Å². The van der Waals surface area contributed by atoms with E-state index in [1.807, 2.05) is 48.6 Å². The van der Waals surface area contributed by atoms with Crippen LogP contribution in [0.5, 0.6) is 0 Å². The fourth-order valence-corrected chi connectivity index (χ4v) is 1.47. The lowest BCUT2D eigenvalue weighted by molar-refractivity contribution is 0.104. The third-order valence-electron chi connectivity index (χ3n) is 2.31. The molecule has 0 N–H and O–H groups in total. The molecule has 0 unspecified atom stereocenters. The van der Waals surface area contributed by atoms with Gasteiger partial charge in [-0.3, -0.25) is 4.79 Å². The highest BCUT2D eigenvalue weighted by atomic mass is 16.1. The Morgan fingerprint density at radius 2 is 1.73 bits per heavy atom. The fraction of sp³-hybridized carbons (Fsp3) is 0.0714. The van der Waals surface area contributed by atoms with Crippen molar-refractivity contribution in [1.82, 2.24) is 0 Å². The van der Waals surface area contributed by atoms with Gasteiger partial charge in [0, 0.05) is 11.5 Å². The molecule has 1 nitrogen and oxygen atoms in total. The number of ketones is 1. The molecule has 0 heterocycles. The number of rotatable bonds is 3. The number of hydrogen-bond donors (Lipinski definition) is 0. The second-order valence-corrected chi connectivity index (χ2v) is 3.44. The van der Waals surface area contributed by atoms with Crippen LogP contribution in [0.4, 0.5) is 0 Å². The predicted molar refractivity (Wildman–Crippen MR) is 61.7 cm³/mol. The lowest BCUT2D eigenvalue weighted by Crippen LogP contribution is -1.94. The quantitative estimate of drug-likeness (QED) is 0.536. The van der Waals surface area contributed by atoms with Crippen LogP contribution in [-0.2, 0) is 0 Å². The van der Waals surface area contributed by atoms with Crippen LogP contribution in [0.2, 0.25) is 0 Å². The van der Waals surface area contributed by atoms with Gasteiger partial charge in [-0.25, -0.2) is 0 Å². The van der Waals surface area contributed by atoms with Gasteiger partial charge in [0.2, 0.25) is 0 Å². The van der Waals surface area contributed by atoms with E-state index in [9.17, 15) is 4.79 Å². The summed E-state index contributed by atoms with van der Waals surface area (Å²) in [4.78, 5) is 11.7. The molecule has 1 aliphatic carbocycles. The van der Waals surface area contributed by atoms with Crippen LogP contribution < -0.4 is 0 Å². The summed E-state index contributed by atoms with van der Waals surface area (Å²) >= 11 is 0. The smallest absolute Gasteiger partial charge is 0.185 e. The number of hydrogen-bond acceptors (Lipinski definition) is 1. The minimum absolute atomic E-state index is 0.0595. The molecule has 0 fully saturated rings. The molecule has 0 saturated heterocycles. The summed E-state index contributed by atoms with van der Waals surface area (Å²) in [7, 11) is 0. The molecule has 1 aromatic rings. The molecule has 2 rings (SSSR count). The van der Waals surface area contributed by atoms with Crippen molar-refractivity contribution in [3.8, 4) is 0 Å². The summed E-state index contributed by atoms with van der Waals surface area (Å²) in [5.74, 6) is 0.335. The summed E-state index contributed by atoms with van der Waals surface area (Å²) < 4.78 is 0. The van der Waals surface area contributed by atoms with Crippen molar-refractivity contribution in [2.24, 2.45) is 5.92 Å². The minimum Gasteiger partial charge on any atom is -0.289 e. The molecule has 0 aromatic heterocycles. The molecule has 15 heavy (non-hydrogen) atoms. The van der Waals surface area contributed by atoms with Crippen molar-refractivity contribution in [2.75, 3.05) is 0 Å². The van der Waals surface area contributed by atoms with Crippen molar-refractivity contribution in [3.63, 3.8) is 0 Å². The SMILES string of the molecule is O=C(/C=C/C1C=CC=C1)c1ccccc1. The number of benzene rings is 1. The largest absolute Gasteiger partial charge is 0.289 e. The summed E-state index contributed by atoms with van der Waals surface area (Å²) in [6.45, 7) is 0. The normalized spacial score (nSPS) is 15.2. The van der Waals surface area contributed by atoms with Gasteiger partial charge in [0.1, 0.15) is 0 Å². The first-order valence-electron chi connectivity index (χ1n) is 4.99. The summed E-state index contributed by atoms with van der Waals surface area (Å²) in [5, 5.41) is 0. The highest BCUT2D eigenvalue weighted by Crippen LogP contribution is 2.11. The first kappa shape index (κ1) is 9.66. The molecule has 0 amide bonds. The van der Waals surface area contributed by atoms with Gasteiger partial charge in [-0.1, -0.05) is 60.7 Å². The van der Waals surface area contributed by atoms with E-state index in [1.165, 1.54) is 0 Å². The number of carbonyl (C=O) groups excluding carboxylic acids is 1. The van der Waals surface area contributed by atoms with Gasteiger partial charge in [0.25, 0.3) is 0 Å². The van der Waals surface area contributed by atoms with E-state index in [2.05, 4.69) is 12.2 Å². The molecule has 1 heteroatoms. The van der Waals surface area contributed by atoms with Crippen LogP contribution in [0.1, 0.15) is 10.4 Å². The average Bonchev–Trinajstić information content (AvgIpc) is 2.80. The van der Waals surface area contributed by atoms with Gasteiger partial charge >= 0.3 is 0 Å². The standard InChI is InChI=1S/C14H12O/c15-14(13-8-2-1-3-9-13)11-10-12-6-4-5-7-12/h1-12H/b11-10+. The summed E-state index contributed by atoms with van der Waals surface area (Å²) in [5.41, 5.74) is 0.736. The van der Waals surface area contributed by atoms with E-state index in [0.29, 0.717) is 0 Å². The van der Waals surface area contributed by atoms with Crippen molar-refractivity contribution in [3.05, 3.63) is 72.4 Å². The maximum Gasteiger partial charge on any atom is 0.185 e. The summed E-state index contributed by atoms with van der Waals surface area (Å²) in [6, 6.07) is 9.30. The van der Waals surface area contributed by atoms with E-state index < -0.39 is 0 Å². The van der Waals surface area contributed by atoms with Gasteiger partial charge in [-0.05, 0) is 6.08 Å². The molecule has 0 spiro atoms. The number of carbonyl (C=O) groups is 1. The van der Waals surface area contributed by atoms with Crippen LogP contribution in [0, 0.1) is 5.92 Å². The fourth-order valence-electron chi connectivity index (χ4n) is 1.47. The van der Waals surface area contributed by atoms with E-state index in [0.717, 1.165) is 5.56 Å². The van der Waals surface area contributed by atoms with E-state index in [1.54, 1.807) is 6.08 Å². The zero-order valence-corrected chi connectivity index (χ0v) is 8.34. The Kier molecular flexibility index (Phi) is 2.93. The molecule has 1 aromatic carbocycles. The van der Waals surface area contributed by atoms with Crippen molar-refractivity contribution in [2.45, 2.75) is 0 Å². The predicted octanol–water partition coefficient (Wildman–Crippen LogP) is 3.17. The molecule has 0 atom stereocenters. The zero-order valence-electron chi connectivity index (χ0n) is 8.34. The third-order valence-corrected chi connectivity index (χ3v) is 2.31. The highest BCUT2D eigenvalue weighted by molar-refractivity contribution is 6.04. The molecule has 0 radical (unpaired) electrons. The molecule has 0 saturated carbocycles. The van der Waals surface area contributed by atoms with Crippen LogP contribution in [0.15, 0.2) is 66.8 Å². The first-order chi connectivity index (χ1) is 7.36. The third kappa shape index (κ3) is 2.53. The van der Waals surface area contributed by atoms with E-state index in [4.69, 9.17) is 0 Å². The molecule has 74 valence electrons. The number of allylic oxidation sites excluding steroid dienone is 6. The lowest BCUT2D eigenvalue weighted by atomic mass is 10.1. The molecule has 0 aliphatic heterocycles. The van der Waals surface area contributed by atoms with Crippen LogP contribution >= 0.6 is 0 Å². The summed E-state index contributed by atoms with van der Waals surface area (Å²) in [6.07, 6.45) is 11.6. The molecular formula is C14H12O. The Labute approximate surface area is 89.4 Å². The van der Waals surface area contributed by atoms with Crippen molar-refractivity contribution < 1.29 is 4.79 Å². The molecule has 1 aliphatic rings. The Hall–Kier alpha value is -1.89. The van der Waals surface area contributed by atoms with Gasteiger partial charge in [-0.15, -0.1) is 0 Å². The van der Waals surface area contributed by atoms with Gasteiger partial charge in [-0.2, -0.15) is 0 Å². The minimum atomic E-state index is 0.0595. The van der Waals surface area contributed by atoms with Crippen LogP contribution in [-0.4, -0.2) is 5.78 Å². The first-order valence-corrected chi connectivity index (χ1v) is 4.99. The Balaban J connectivity index is 2.04. The monoisotopic (exact) mass is 196 g/mol. The second kappa shape index (κ2) is 4.56. The van der Waals surface area contributed by atoms with Crippen LogP contribution in [0.3, 0.4) is 0 Å². The van der Waals surface area contributed by atoms with E-state index in [-0.39, 0.29) is 11.7 Å². The zero-order chi connectivity index (χ0) is 10.5. The highest BCUT2D eigenvalue weighted by Gasteiger charge is 2.02. The Morgan fingerprint density at radius 1 is 1.07 bits per heavy atom. The molecule has 0 bridgehead atoms. The van der Waals surface area contributed by atoms with Crippen LogP contribution in [0.25, 0.3) is 0 Å². The van der Waals surface area contributed by atoms with Crippen molar-refractivity contribution >= 4 is 5.78 Å². The van der Waals surface area contributed by atoms with Gasteiger partial charge in [0.05, 0.1) is 0 Å². The van der Waals surface area contributed by atoms with Gasteiger partial charge in [0.15, 0.2) is 5.78 Å². The topological polar surface area (TPSA) is 17.1 Å². The molecular weight excluding hydrogens is 184 g/mol. The lowest BCUT2D eigenvalue weighted by Gasteiger charge is -1.96. The Bertz CT molecular complexity index is 412. The second-order valence-electron chi connectivity index (χ2n) is 3.44. The van der Waals surface area contributed by atoms with Crippen molar-refractivity contribution in [1.29, 1.82) is 0 Å². The van der Waals surface area contributed by atoms with Gasteiger partial charge < -0.3 is 0 Å².